The first-order valence-corrected chi connectivity index (χ1v) is 41.0. The summed E-state index contributed by atoms with van der Waals surface area (Å²) in [4.78, 5) is 0. The smallest absolute Gasteiger partial charge is 0.0253 e. The van der Waals surface area contributed by atoms with Crippen LogP contribution in [0.15, 0.2) is 291 Å². The van der Waals surface area contributed by atoms with Crippen molar-refractivity contribution >= 4 is 31.7 Å². The standard InChI is InChI=1S/4C13H9.2C12H10Si.2ClH.2Hf/c4*1-3-7-12-10(5-1)9-11-6-2-4-8-13(11)12;2*1-3-7-11(8-4-1)13-12-9-5-2-6-10-12;;;;/h4*1-5,7-8H,9H2;2*1-10H;2*1H;;/q4*-1;;;;;2*+2/p-2. The number of benzene rings is 12. The monoisotopic (exact) mass is 1450 g/mol. The zero-order chi connectivity index (χ0) is 54.3. The summed E-state index contributed by atoms with van der Waals surface area (Å²) in [6.07, 6.45) is 4.19. The van der Waals surface area contributed by atoms with Crippen molar-refractivity contribution in [2.24, 2.45) is 0 Å². The maximum atomic E-state index is 3.30. The van der Waals surface area contributed by atoms with E-state index in [2.05, 4.69) is 291 Å². The van der Waals surface area contributed by atoms with Crippen molar-refractivity contribution in [1.29, 1.82) is 0 Å². The minimum absolute atomic E-state index is 0. The van der Waals surface area contributed by atoms with Crippen LogP contribution in [0.25, 0.3) is 44.5 Å². The number of rotatable bonds is 4. The second-order valence-corrected chi connectivity index (χ2v) is 34.4. The molecule has 0 N–H and O–H groups in total. The Balaban J connectivity index is 0.000000118. The van der Waals surface area contributed by atoms with Crippen molar-refractivity contribution in [2.75, 3.05) is 0 Å². The Labute approximate surface area is 527 Å². The molecule has 0 heterocycles. The average molecular weight is 1450 g/mol. The van der Waals surface area contributed by atoms with Crippen LogP contribution in [0.4, 0.5) is 0 Å². The van der Waals surface area contributed by atoms with Crippen molar-refractivity contribution in [3.63, 3.8) is 0 Å². The van der Waals surface area contributed by atoms with Crippen LogP contribution in [0.3, 0.4) is 0 Å². The van der Waals surface area contributed by atoms with Gasteiger partial charge in [0, 0.05) is 0 Å². The largest absolute Gasteiger partial charge is 0.179 e. The third-order valence-corrected chi connectivity index (χ3v) is 30.8. The fourth-order valence-corrected chi connectivity index (χ4v) is 20.7. The molecule has 4 aliphatic rings. The van der Waals surface area contributed by atoms with E-state index < -0.39 is 11.0 Å². The molecule has 0 spiro atoms. The molecule has 0 aromatic heterocycles. The molecule has 0 nitrogen and oxygen atoms in total. The maximum Gasteiger partial charge on any atom is -0.0253 e. The molecule has 16 rings (SSSR count). The summed E-state index contributed by atoms with van der Waals surface area (Å²) in [5.74, 6) is 0. The third-order valence-electron chi connectivity index (χ3n) is 14.7. The topological polar surface area (TPSA) is 0 Å². The molecule has 4 aliphatic carbocycles. The van der Waals surface area contributed by atoms with Crippen LogP contribution in [0.2, 0.25) is 0 Å². The van der Waals surface area contributed by atoms with Gasteiger partial charge < -0.3 is 24.8 Å². The van der Waals surface area contributed by atoms with Gasteiger partial charge in [-0.25, -0.2) is 0 Å². The molecular formula is C76H56Cl2Hf2Si2-2. The summed E-state index contributed by atoms with van der Waals surface area (Å²) in [5, 5.41) is 6.15. The summed E-state index contributed by atoms with van der Waals surface area (Å²) in [5.41, 5.74) is 21.2. The van der Waals surface area contributed by atoms with Crippen LogP contribution < -0.4 is 45.6 Å². The van der Waals surface area contributed by atoms with Crippen molar-refractivity contribution in [3.05, 3.63) is 360 Å². The van der Waals surface area contributed by atoms with E-state index in [0.717, 1.165) is 25.7 Å². The summed E-state index contributed by atoms with van der Waals surface area (Å²) >= 11 is 2.53. The van der Waals surface area contributed by atoms with Crippen LogP contribution >= 0.6 is 0 Å². The Hall–Kier alpha value is -6.61. The van der Waals surface area contributed by atoms with Crippen molar-refractivity contribution < 1.29 is 70.8 Å². The van der Waals surface area contributed by atoms with E-state index in [1.165, 1.54) is 156 Å². The van der Waals surface area contributed by atoms with Gasteiger partial charge >= 0.3 is 199 Å². The van der Waals surface area contributed by atoms with Gasteiger partial charge in [0.05, 0.1) is 0 Å². The number of halogens is 2. The first-order chi connectivity index (χ1) is 39.6. The number of hydrogen-bond donors (Lipinski definition) is 0. The molecule has 6 heteroatoms. The first-order valence-electron chi connectivity index (χ1n) is 27.3. The fourth-order valence-electron chi connectivity index (χ4n) is 10.7. The van der Waals surface area contributed by atoms with Gasteiger partial charge in [0.15, 0.2) is 0 Å². The van der Waals surface area contributed by atoms with Gasteiger partial charge in [0.2, 0.25) is 0 Å². The Morgan fingerprint density at radius 3 is 0.622 bits per heavy atom. The van der Waals surface area contributed by atoms with Crippen LogP contribution in [0, 0.1) is 24.3 Å². The Kier molecular flexibility index (Phi) is 22.0. The zero-order valence-electron chi connectivity index (χ0n) is 45.3. The fraction of sp³-hybridized carbons (Fsp3) is 0.0526. The average Bonchev–Trinajstić information content (AvgIpc) is 4.33. The van der Waals surface area contributed by atoms with Crippen LogP contribution in [0.1, 0.15) is 44.5 Å². The normalized spacial score (nSPS) is 11.2. The summed E-state index contributed by atoms with van der Waals surface area (Å²) in [7, 11) is 0. The molecule has 12 aromatic carbocycles. The van der Waals surface area contributed by atoms with Gasteiger partial charge in [0.25, 0.3) is 0 Å². The first kappa shape index (κ1) is 60.0. The minimum atomic E-state index is -0.406. The van der Waals surface area contributed by atoms with Crippen LogP contribution in [-0.4, -0.2) is 11.0 Å². The van der Waals surface area contributed by atoms with E-state index >= 15 is 0 Å². The third kappa shape index (κ3) is 14.8. The molecule has 0 amide bonds. The van der Waals surface area contributed by atoms with Gasteiger partial charge in [-0.3, -0.25) is 0 Å². The predicted octanol–water partition coefficient (Wildman–Crippen LogP) is 8.92. The zero-order valence-corrected chi connectivity index (χ0v) is 56.0. The molecule has 0 aliphatic heterocycles. The van der Waals surface area contributed by atoms with E-state index in [-0.39, 0.29) is 24.8 Å². The molecule has 392 valence electrons. The van der Waals surface area contributed by atoms with Crippen molar-refractivity contribution in [3.8, 4) is 44.5 Å². The van der Waals surface area contributed by atoms with E-state index in [1.807, 2.05) is 24.3 Å². The van der Waals surface area contributed by atoms with Crippen LogP contribution in [0.5, 0.6) is 0 Å². The summed E-state index contributed by atoms with van der Waals surface area (Å²) < 4.78 is 0. The summed E-state index contributed by atoms with van der Waals surface area (Å²) in [6.45, 7) is 0. The molecule has 12 aromatic rings. The molecule has 0 atom stereocenters. The predicted molar refractivity (Wildman–Crippen MR) is 330 cm³/mol. The Morgan fingerprint density at radius 1 is 0.220 bits per heavy atom. The molecule has 0 unspecified atom stereocenters. The van der Waals surface area contributed by atoms with Gasteiger partial charge in [-0.15, -0.1) is 22.3 Å². The maximum absolute atomic E-state index is 3.30. The molecular weight excluding hydrogens is 1400 g/mol. The SMILES string of the molecule is [Cl-].[Cl-].[Hf+2]=[Si](c1ccccc1)c1ccccc1.[Hf+2]=[Si](c1ccccc1)c1ccccc1.[c-]1cccc2c1Cc1ccccc1-2.[c-]1cccc2c1Cc1ccccc1-2.[c-]1cccc2c1Cc1ccccc1-2.[c-]1cccc2c1Cc1ccccc1-2. The number of hydrogen-bond acceptors (Lipinski definition) is 0. The van der Waals surface area contributed by atoms with Gasteiger partial charge in [-0.05, 0) is 25.7 Å². The van der Waals surface area contributed by atoms with Gasteiger partial charge in [-0.1, -0.05) is 142 Å². The van der Waals surface area contributed by atoms with E-state index in [1.54, 1.807) is 0 Å². The number of fused-ring (bicyclic) bond motifs is 12. The molecule has 0 radical (unpaired) electrons. The quantitative estimate of drug-likeness (QED) is 0.122. The summed E-state index contributed by atoms with van der Waals surface area (Å²) in [6, 6.07) is 116. The van der Waals surface area contributed by atoms with Gasteiger partial charge in [-0.2, -0.15) is 119 Å². The van der Waals surface area contributed by atoms with Crippen molar-refractivity contribution in [2.45, 2.75) is 25.7 Å². The minimum Gasteiger partial charge on any atom is -0.179 e. The van der Waals surface area contributed by atoms with Crippen LogP contribution in [-0.2, 0) is 71.7 Å². The van der Waals surface area contributed by atoms with E-state index in [9.17, 15) is 0 Å². The second-order valence-electron chi connectivity index (χ2n) is 19.8. The molecule has 0 saturated carbocycles. The molecule has 82 heavy (non-hydrogen) atoms. The molecule has 0 saturated heterocycles. The molecule has 0 fully saturated rings. The van der Waals surface area contributed by atoms with Gasteiger partial charge in [0.1, 0.15) is 0 Å². The Bertz CT molecular complexity index is 3360. The molecule has 0 bridgehead atoms. The second kappa shape index (κ2) is 30.1. The van der Waals surface area contributed by atoms with E-state index in [4.69, 9.17) is 0 Å². The van der Waals surface area contributed by atoms with E-state index in [0.29, 0.717) is 0 Å². The van der Waals surface area contributed by atoms with Crippen molar-refractivity contribution in [1.82, 2.24) is 0 Å². The Morgan fingerprint density at radius 2 is 0.402 bits per heavy atom.